The first kappa shape index (κ1) is 33.6. The van der Waals surface area contributed by atoms with Crippen LogP contribution in [0.1, 0.15) is 49.4 Å². The van der Waals surface area contributed by atoms with Crippen molar-refractivity contribution in [3.63, 3.8) is 0 Å². The Morgan fingerprint density at radius 1 is 0.702 bits per heavy atom. The summed E-state index contributed by atoms with van der Waals surface area (Å²) >= 11 is 12.8. The van der Waals surface area contributed by atoms with Crippen LogP contribution in [0.2, 0.25) is 10.0 Å². The lowest BCUT2D eigenvalue weighted by atomic mass is 9.92. The zero-order valence-corrected chi connectivity index (χ0v) is 27.2. The number of ketones is 2. The van der Waals surface area contributed by atoms with Crippen LogP contribution in [0.5, 0.6) is 0 Å². The van der Waals surface area contributed by atoms with Crippen LogP contribution in [0.15, 0.2) is 126 Å². The largest absolute Gasteiger partial charge is 0.481 e. The fourth-order valence-corrected chi connectivity index (χ4v) is 6.94. The van der Waals surface area contributed by atoms with E-state index < -0.39 is 27.7 Å². The minimum atomic E-state index is -4.23. The number of hydrogen-bond donors (Lipinski definition) is 2. The molecule has 0 aliphatic rings. The minimum absolute atomic E-state index is 0.0704. The summed E-state index contributed by atoms with van der Waals surface area (Å²) in [6, 6.07) is 33.4. The molecule has 0 fully saturated rings. The lowest BCUT2D eigenvalue weighted by Crippen LogP contribution is -2.21. The number of sulfonamides is 1. The molecule has 1 unspecified atom stereocenters. The van der Waals surface area contributed by atoms with Gasteiger partial charge in [0.15, 0.2) is 11.6 Å². The normalized spacial score (nSPS) is 11.9. The van der Waals surface area contributed by atoms with Gasteiger partial charge in [0.25, 0.3) is 10.0 Å². The van der Waals surface area contributed by atoms with Crippen LogP contribution < -0.4 is 4.72 Å². The second kappa shape index (κ2) is 14.8. The fourth-order valence-electron chi connectivity index (χ4n) is 5.18. The molecule has 0 saturated heterocycles. The second-order valence-corrected chi connectivity index (χ2v) is 13.4. The molecular formula is C37H29Cl2NO6S. The van der Waals surface area contributed by atoms with E-state index in [-0.39, 0.29) is 56.8 Å². The quantitative estimate of drug-likeness (QED) is 0.121. The number of carbonyl (C=O) groups excluding carboxylic acids is 2. The first-order valence-electron chi connectivity index (χ1n) is 14.6. The van der Waals surface area contributed by atoms with Gasteiger partial charge in [-0.25, -0.2) is 8.42 Å². The molecule has 0 aliphatic carbocycles. The molecular weight excluding hydrogens is 657 g/mol. The van der Waals surface area contributed by atoms with E-state index in [2.05, 4.69) is 4.72 Å². The van der Waals surface area contributed by atoms with Crippen molar-refractivity contribution in [2.75, 3.05) is 4.72 Å². The smallest absolute Gasteiger partial charge is 0.307 e. The van der Waals surface area contributed by atoms with Gasteiger partial charge in [-0.2, -0.15) is 0 Å². The highest BCUT2D eigenvalue weighted by Crippen LogP contribution is 2.34. The van der Waals surface area contributed by atoms with Crippen LogP contribution in [-0.2, 0) is 27.7 Å². The third-order valence-electron chi connectivity index (χ3n) is 7.62. The van der Waals surface area contributed by atoms with Crippen molar-refractivity contribution in [1.82, 2.24) is 0 Å². The number of anilines is 1. The van der Waals surface area contributed by atoms with Crippen molar-refractivity contribution in [3.05, 3.63) is 165 Å². The van der Waals surface area contributed by atoms with Gasteiger partial charge in [0.05, 0.1) is 20.9 Å². The lowest BCUT2D eigenvalue weighted by molar-refractivity contribution is -0.141. The van der Waals surface area contributed by atoms with Crippen LogP contribution in [0.3, 0.4) is 0 Å². The molecule has 0 spiro atoms. The molecule has 5 aromatic carbocycles. The van der Waals surface area contributed by atoms with E-state index >= 15 is 0 Å². The van der Waals surface area contributed by atoms with Crippen LogP contribution in [0.25, 0.3) is 0 Å². The molecule has 238 valence electrons. The van der Waals surface area contributed by atoms with E-state index in [1.807, 2.05) is 12.1 Å². The van der Waals surface area contributed by atoms with Crippen LogP contribution in [0.4, 0.5) is 5.69 Å². The molecule has 5 aromatic rings. The Hall–Kier alpha value is -4.76. The zero-order chi connectivity index (χ0) is 33.6. The van der Waals surface area contributed by atoms with E-state index in [1.54, 1.807) is 72.8 Å². The number of Topliss-reactive ketones (excluding diaryl/α,β-unsaturated/α-hetero) is 1. The van der Waals surface area contributed by atoms with E-state index in [0.717, 1.165) is 5.56 Å². The third kappa shape index (κ3) is 8.34. The van der Waals surface area contributed by atoms with Gasteiger partial charge in [0, 0.05) is 35.2 Å². The van der Waals surface area contributed by atoms with Gasteiger partial charge in [0.2, 0.25) is 0 Å². The standard InChI is InChI=1S/C37H29Cl2NO6S/c38-32-18-19-34(31(35(32)39)21-25-14-16-27(17-15-25)36(42)26-10-5-2-6-11-26)47(45,46)40-30-13-7-12-28(22-30)33(41)23-29(37(43)44)20-24-8-3-1-4-9-24/h1-19,22,29,40H,20-21,23H2,(H,43,44). The molecule has 7 nitrogen and oxygen atoms in total. The van der Waals surface area contributed by atoms with E-state index in [4.69, 9.17) is 23.2 Å². The number of aliphatic carboxylic acids is 1. The lowest BCUT2D eigenvalue weighted by Gasteiger charge is -2.16. The van der Waals surface area contributed by atoms with Crippen LogP contribution >= 0.6 is 23.2 Å². The van der Waals surface area contributed by atoms with Gasteiger partial charge in [-0.1, -0.05) is 120 Å². The maximum Gasteiger partial charge on any atom is 0.307 e. The predicted octanol–water partition coefficient (Wildman–Crippen LogP) is 8.13. The molecule has 1 atom stereocenters. The van der Waals surface area contributed by atoms with Gasteiger partial charge in [-0.15, -0.1) is 0 Å². The number of carboxylic acid groups (broad SMARTS) is 1. The molecule has 0 saturated carbocycles. The van der Waals surface area contributed by atoms with Crippen molar-refractivity contribution in [2.45, 2.75) is 24.2 Å². The molecule has 0 amide bonds. The molecule has 0 bridgehead atoms. The SMILES string of the molecule is O=C(CC(Cc1ccccc1)C(=O)O)c1cccc(NS(=O)(=O)c2ccc(Cl)c(Cl)c2Cc2ccc(C(=O)c3ccccc3)cc2)c1. The topological polar surface area (TPSA) is 118 Å². The first-order chi connectivity index (χ1) is 22.5. The summed E-state index contributed by atoms with van der Waals surface area (Å²) in [5.74, 6) is -2.61. The highest BCUT2D eigenvalue weighted by atomic mass is 35.5. The summed E-state index contributed by atoms with van der Waals surface area (Å²) in [4.78, 5) is 37.8. The second-order valence-electron chi connectivity index (χ2n) is 10.9. The zero-order valence-electron chi connectivity index (χ0n) is 24.9. The fraction of sp³-hybridized carbons (Fsp3) is 0.108. The average Bonchev–Trinajstić information content (AvgIpc) is 3.07. The summed E-state index contributed by atoms with van der Waals surface area (Å²) in [7, 11) is -4.23. The van der Waals surface area contributed by atoms with Gasteiger partial charge >= 0.3 is 5.97 Å². The monoisotopic (exact) mass is 685 g/mol. The summed E-state index contributed by atoms with van der Waals surface area (Å²) < 4.78 is 29.9. The van der Waals surface area contributed by atoms with Gasteiger partial charge in [-0.3, -0.25) is 19.1 Å². The Morgan fingerprint density at radius 2 is 1.32 bits per heavy atom. The Kier molecular flexibility index (Phi) is 10.6. The number of carbonyl (C=O) groups is 3. The van der Waals surface area contributed by atoms with Crippen molar-refractivity contribution < 1.29 is 27.9 Å². The summed E-state index contributed by atoms with van der Waals surface area (Å²) in [5, 5.41) is 9.99. The van der Waals surface area contributed by atoms with Crippen molar-refractivity contribution in [2.24, 2.45) is 5.92 Å². The van der Waals surface area contributed by atoms with Gasteiger partial charge in [-0.05, 0) is 47.4 Å². The van der Waals surface area contributed by atoms with Gasteiger partial charge in [0.1, 0.15) is 0 Å². The third-order valence-corrected chi connectivity index (χ3v) is 9.93. The molecule has 2 N–H and O–H groups in total. The summed E-state index contributed by atoms with van der Waals surface area (Å²) in [6.07, 6.45) is 0.0272. The van der Waals surface area contributed by atoms with E-state index in [0.29, 0.717) is 16.7 Å². The highest BCUT2D eigenvalue weighted by Gasteiger charge is 2.25. The number of carboxylic acids is 1. The molecule has 47 heavy (non-hydrogen) atoms. The maximum absolute atomic E-state index is 13.7. The Balaban J connectivity index is 1.35. The molecule has 0 heterocycles. The number of benzene rings is 5. The summed E-state index contributed by atoms with van der Waals surface area (Å²) in [5.41, 5.74) is 3.07. The van der Waals surface area contributed by atoms with Crippen molar-refractivity contribution in [3.8, 4) is 0 Å². The molecule has 5 rings (SSSR count). The predicted molar refractivity (Wildman–Crippen MR) is 183 cm³/mol. The maximum atomic E-state index is 13.7. The van der Waals surface area contributed by atoms with E-state index in [1.165, 1.54) is 36.4 Å². The Labute approximate surface area is 282 Å². The average molecular weight is 687 g/mol. The minimum Gasteiger partial charge on any atom is -0.481 e. The van der Waals surface area contributed by atoms with Crippen molar-refractivity contribution >= 4 is 56.4 Å². The van der Waals surface area contributed by atoms with E-state index in [9.17, 15) is 27.9 Å². The molecule has 0 aliphatic heterocycles. The first-order valence-corrected chi connectivity index (χ1v) is 16.8. The highest BCUT2D eigenvalue weighted by molar-refractivity contribution is 7.92. The Bertz CT molecular complexity index is 2030. The molecule has 0 radical (unpaired) electrons. The van der Waals surface area contributed by atoms with Crippen LogP contribution in [0, 0.1) is 5.92 Å². The number of rotatable bonds is 13. The molecule has 0 aromatic heterocycles. The number of hydrogen-bond acceptors (Lipinski definition) is 5. The molecule has 10 heteroatoms. The number of nitrogens with one attached hydrogen (secondary N) is 1. The summed E-state index contributed by atoms with van der Waals surface area (Å²) in [6.45, 7) is 0. The van der Waals surface area contributed by atoms with Gasteiger partial charge < -0.3 is 5.11 Å². The van der Waals surface area contributed by atoms with Crippen molar-refractivity contribution in [1.29, 1.82) is 0 Å². The Morgan fingerprint density at radius 3 is 1.98 bits per heavy atom. The number of halogens is 2. The van der Waals surface area contributed by atoms with Crippen LogP contribution in [-0.4, -0.2) is 31.1 Å².